The molecule has 0 saturated carbocycles. The largest absolute Gasteiger partial charge is 0.355 e. The van der Waals surface area contributed by atoms with Crippen molar-refractivity contribution in [3.05, 3.63) is 39.5 Å². The number of hydrogen-bond acceptors (Lipinski definition) is 5. The first kappa shape index (κ1) is 19.5. The Kier molecular flexibility index (Phi) is 7.46. The van der Waals surface area contributed by atoms with Crippen LogP contribution in [-0.4, -0.2) is 29.5 Å². The number of halogens is 2. The van der Waals surface area contributed by atoms with Crippen LogP contribution in [0.15, 0.2) is 28.9 Å². The summed E-state index contributed by atoms with van der Waals surface area (Å²) >= 11 is 9.65. The third kappa shape index (κ3) is 5.31. The molecule has 25 heavy (non-hydrogen) atoms. The highest BCUT2D eigenvalue weighted by molar-refractivity contribution is 9.10. The fraction of sp³-hybridized carbons (Fsp3) is 0.353. The van der Waals surface area contributed by atoms with Crippen LogP contribution in [0.25, 0.3) is 0 Å². The van der Waals surface area contributed by atoms with Gasteiger partial charge in [-0.3, -0.25) is 4.79 Å². The number of hydrogen-bond donors (Lipinski definition) is 3. The predicted molar refractivity (Wildman–Crippen MR) is 106 cm³/mol. The molecule has 1 aromatic carbocycles. The Labute approximate surface area is 160 Å². The number of unbranched alkanes of at least 4 members (excludes halogenated alkanes) is 2. The van der Waals surface area contributed by atoms with Crippen molar-refractivity contribution < 1.29 is 4.79 Å². The van der Waals surface area contributed by atoms with Crippen molar-refractivity contribution in [2.24, 2.45) is 0 Å². The molecule has 6 nitrogen and oxygen atoms in total. The van der Waals surface area contributed by atoms with Crippen LogP contribution in [0.3, 0.4) is 0 Å². The summed E-state index contributed by atoms with van der Waals surface area (Å²) < 4.78 is 0.488. The summed E-state index contributed by atoms with van der Waals surface area (Å²) in [5.41, 5.74) is 1.12. The third-order valence-corrected chi connectivity index (χ3v) is 4.69. The lowest BCUT2D eigenvalue weighted by Crippen LogP contribution is -2.19. The van der Waals surface area contributed by atoms with Crippen molar-refractivity contribution in [3.63, 3.8) is 0 Å². The molecule has 3 N–H and O–H groups in total. The Balaban J connectivity index is 2.24. The number of para-hydroxylation sites is 1. The monoisotopic (exact) mass is 425 g/mol. The molecule has 0 bridgehead atoms. The summed E-state index contributed by atoms with van der Waals surface area (Å²) in [5, 5.41) is 9.29. The lowest BCUT2D eigenvalue weighted by Gasteiger charge is -2.13. The maximum Gasteiger partial charge on any atom is 0.253 e. The number of carbonyl (C=O) groups is 1. The zero-order valence-electron chi connectivity index (χ0n) is 14.2. The van der Waals surface area contributed by atoms with Gasteiger partial charge in [0.1, 0.15) is 9.63 Å². The van der Waals surface area contributed by atoms with Gasteiger partial charge in [-0.1, -0.05) is 43.5 Å². The van der Waals surface area contributed by atoms with Crippen molar-refractivity contribution >= 4 is 50.9 Å². The molecule has 2 rings (SSSR count). The molecule has 1 amide bonds. The molecular weight excluding hydrogens is 406 g/mol. The van der Waals surface area contributed by atoms with E-state index in [2.05, 4.69) is 48.8 Å². The van der Waals surface area contributed by atoms with E-state index in [-0.39, 0.29) is 5.91 Å². The van der Waals surface area contributed by atoms with Gasteiger partial charge in [0.25, 0.3) is 5.91 Å². The van der Waals surface area contributed by atoms with Crippen LogP contribution in [0.1, 0.15) is 36.5 Å². The van der Waals surface area contributed by atoms with Crippen molar-refractivity contribution in [2.45, 2.75) is 26.2 Å². The van der Waals surface area contributed by atoms with Crippen LogP contribution >= 0.6 is 27.5 Å². The van der Waals surface area contributed by atoms with Crippen LogP contribution < -0.4 is 16.0 Å². The summed E-state index contributed by atoms with van der Waals surface area (Å²) in [6, 6.07) is 7.16. The lowest BCUT2D eigenvalue weighted by atomic mass is 10.1. The number of carbonyl (C=O) groups excluding carboxylic acids is 1. The van der Waals surface area contributed by atoms with Gasteiger partial charge in [0.2, 0.25) is 5.95 Å². The van der Waals surface area contributed by atoms with Gasteiger partial charge in [0, 0.05) is 13.6 Å². The molecule has 0 fully saturated rings. The molecular formula is C17H21BrClN5O. The number of amides is 1. The van der Waals surface area contributed by atoms with Crippen molar-refractivity contribution in [1.29, 1.82) is 0 Å². The average Bonchev–Trinajstić information content (AvgIpc) is 2.62. The predicted octanol–water partition coefficient (Wildman–Crippen LogP) is 4.60. The van der Waals surface area contributed by atoms with Crippen molar-refractivity contribution in [2.75, 3.05) is 24.2 Å². The van der Waals surface area contributed by atoms with Crippen LogP contribution in [0.2, 0.25) is 5.02 Å². The highest BCUT2D eigenvalue weighted by Crippen LogP contribution is 2.31. The Bertz CT molecular complexity index is 741. The van der Waals surface area contributed by atoms with Crippen LogP contribution in [0.4, 0.5) is 17.5 Å². The molecule has 0 aliphatic heterocycles. The fourth-order valence-corrected chi connectivity index (χ4v) is 2.70. The SMILES string of the molecule is CCCCCNc1nc(Br)c(Cl)c(Nc2ccccc2C(=O)NC)n1. The summed E-state index contributed by atoms with van der Waals surface area (Å²) in [5.74, 6) is 0.718. The van der Waals surface area contributed by atoms with E-state index in [1.807, 2.05) is 6.07 Å². The minimum Gasteiger partial charge on any atom is -0.355 e. The van der Waals surface area contributed by atoms with Gasteiger partial charge in [-0.25, -0.2) is 4.98 Å². The third-order valence-electron chi connectivity index (χ3n) is 3.53. The maximum atomic E-state index is 12.0. The molecule has 134 valence electrons. The summed E-state index contributed by atoms with van der Waals surface area (Å²) in [6.45, 7) is 2.94. The summed E-state index contributed by atoms with van der Waals surface area (Å²) in [4.78, 5) is 20.7. The second kappa shape index (κ2) is 9.58. The molecule has 0 aliphatic rings. The quantitative estimate of drug-likeness (QED) is 0.425. The highest BCUT2D eigenvalue weighted by Gasteiger charge is 2.14. The Morgan fingerprint density at radius 1 is 1.24 bits per heavy atom. The minimum absolute atomic E-state index is 0.190. The average molecular weight is 427 g/mol. The normalized spacial score (nSPS) is 10.4. The van der Waals surface area contributed by atoms with Gasteiger partial charge in [-0.2, -0.15) is 4.98 Å². The van der Waals surface area contributed by atoms with Crippen LogP contribution in [0, 0.1) is 0 Å². The van der Waals surface area contributed by atoms with Crippen molar-refractivity contribution in [1.82, 2.24) is 15.3 Å². The number of nitrogens with one attached hydrogen (secondary N) is 3. The summed E-state index contributed by atoms with van der Waals surface area (Å²) in [7, 11) is 1.59. The first-order chi connectivity index (χ1) is 12.1. The smallest absolute Gasteiger partial charge is 0.253 e. The number of anilines is 3. The Morgan fingerprint density at radius 2 is 2.00 bits per heavy atom. The zero-order valence-corrected chi connectivity index (χ0v) is 16.5. The highest BCUT2D eigenvalue weighted by atomic mass is 79.9. The molecule has 8 heteroatoms. The maximum absolute atomic E-state index is 12.0. The number of benzene rings is 1. The van der Waals surface area contributed by atoms with E-state index in [9.17, 15) is 4.79 Å². The van der Waals surface area contributed by atoms with Crippen molar-refractivity contribution in [3.8, 4) is 0 Å². The van der Waals surface area contributed by atoms with E-state index in [1.54, 1.807) is 25.2 Å². The van der Waals surface area contributed by atoms with Gasteiger partial charge in [0.05, 0.1) is 11.3 Å². The van der Waals surface area contributed by atoms with Gasteiger partial charge < -0.3 is 16.0 Å². The molecule has 0 spiro atoms. The van der Waals surface area contributed by atoms with Gasteiger partial charge in [0.15, 0.2) is 5.82 Å². The molecule has 0 aliphatic carbocycles. The first-order valence-electron chi connectivity index (χ1n) is 8.11. The van der Waals surface area contributed by atoms with Gasteiger partial charge in [-0.15, -0.1) is 0 Å². The molecule has 0 saturated heterocycles. The molecule has 1 aromatic heterocycles. The topological polar surface area (TPSA) is 78.9 Å². The standard InChI is InChI=1S/C17H21BrClN5O/c1-3-4-7-10-21-17-23-14(18)13(19)15(24-17)22-12-9-6-5-8-11(12)16(25)20-2/h5-6,8-9H,3-4,7,10H2,1-2H3,(H,20,25)(H2,21,22,23,24). The summed E-state index contributed by atoms with van der Waals surface area (Å²) in [6.07, 6.45) is 3.34. The Hall–Kier alpha value is -1.86. The molecule has 0 atom stereocenters. The molecule has 0 unspecified atom stereocenters. The first-order valence-corrected chi connectivity index (χ1v) is 9.29. The molecule has 2 aromatic rings. The zero-order chi connectivity index (χ0) is 18.2. The van der Waals surface area contributed by atoms with Gasteiger partial charge in [-0.05, 0) is 34.5 Å². The number of rotatable bonds is 8. The molecule has 1 heterocycles. The van der Waals surface area contributed by atoms with E-state index in [1.165, 1.54) is 0 Å². The van der Waals surface area contributed by atoms with Gasteiger partial charge >= 0.3 is 0 Å². The fourth-order valence-electron chi connectivity index (χ4n) is 2.21. The van der Waals surface area contributed by atoms with Crippen LogP contribution in [0.5, 0.6) is 0 Å². The number of aromatic nitrogens is 2. The minimum atomic E-state index is -0.190. The lowest BCUT2D eigenvalue weighted by molar-refractivity contribution is 0.0964. The second-order valence-corrected chi connectivity index (χ2v) is 6.51. The van der Waals surface area contributed by atoms with E-state index >= 15 is 0 Å². The van der Waals surface area contributed by atoms with Crippen LogP contribution in [-0.2, 0) is 0 Å². The van der Waals surface area contributed by atoms with E-state index in [0.29, 0.717) is 32.6 Å². The Morgan fingerprint density at radius 3 is 2.72 bits per heavy atom. The second-order valence-electron chi connectivity index (χ2n) is 5.38. The van der Waals surface area contributed by atoms with E-state index in [4.69, 9.17) is 11.6 Å². The molecule has 0 radical (unpaired) electrons. The number of nitrogens with zero attached hydrogens (tertiary/aromatic N) is 2. The van der Waals surface area contributed by atoms with E-state index < -0.39 is 0 Å². The van der Waals surface area contributed by atoms with E-state index in [0.717, 1.165) is 25.8 Å².